The summed E-state index contributed by atoms with van der Waals surface area (Å²) < 4.78 is 4.89. The number of hydrogen-bond acceptors (Lipinski definition) is 2. The van der Waals surface area contributed by atoms with Gasteiger partial charge in [0.1, 0.15) is 0 Å². The lowest BCUT2D eigenvalue weighted by Gasteiger charge is -2.14. The zero-order valence-corrected chi connectivity index (χ0v) is 12.7. The molecule has 0 aromatic heterocycles. The molecular weight excluding hydrogens is 224 g/mol. The highest BCUT2D eigenvalue weighted by Crippen LogP contribution is 2.20. The molecule has 0 N–H and O–H groups in total. The molecule has 104 valence electrons. The van der Waals surface area contributed by atoms with E-state index in [4.69, 9.17) is 4.74 Å². The lowest BCUT2D eigenvalue weighted by molar-refractivity contribution is -0.137. The highest BCUT2D eigenvalue weighted by molar-refractivity contribution is 5.83. The van der Waals surface area contributed by atoms with Crippen LogP contribution >= 0.6 is 0 Å². The maximum Gasteiger partial charge on any atom is 0.330 e. The van der Waals surface area contributed by atoms with E-state index in [1.807, 2.05) is 13.8 Å². The van der Waals surface area contributed by atoms with Crippen LogP contribution in [0.2, 0.25) is 0 Å². The van der Waals surface area contributed by atoms with E-state index in [1.165, 1.54) is 18.4 Å². The summed E-state index contributed by atoms with van der Waals surface area (Å²) in [5, 5.41) is 0. The second-order valence-electron chi connectivity index (χ2n) is 5.40. The first-order chi connectivity index (χ1) is 8.36. The molecule has 0 heterocycles. The van der Waals surface area contributed by atoms with Gasteiger partial charge >= 0.3 is 5.97 Å². The van der Waals surface area contributed by atoms with Gasteiger partial charge in [-0.1, -0.05) is 38.8 Å². The second kappa shape index (κ2) is 8.96. The maximum absolute atomic E-state index is 11.3. The van der Waals surface area contributed by atoms with Crippen LogP contribution in [-0.2, 0) is 9.53 Å². The molecule has 0 rings (SSSR count). The van der Waals surface area contributed by atoms with Gasteiger partial charge in [0.05, 0.1) is 6.61 Å². The molecule has 2 heteroatoms. The molecule has 18 heavy (non-hydrogen) atoms. The van der Waals surface area contributed by atoms with Crippen molar-refractivity contribution in [2.45, 2.75) is 54.4 Å². The summed E-state index contributed by atoms with van der Waals surface area (Å²) in [5.74, 6) is 1.06. The van der Waals surface area contributed by atoms with Crippen LogP contribution in [-0.4, -0.2) is 12.6 Å². The van der Waals surface area contributed by atoms with Gasteiger partial charge in [-0.2, -0.15) is 0 Å². The van der Waals surface area contributed by atoms with Crippen molar-refractivity contribution >= 4 is 5.97 Å². The predicted octanol–water partition coefficient (Wildman–Crippen LogP) is 4.51. The molecule has 0 aromatic rings. The molecule has 0 saturated carbocycles. The Morgan fingerprint density at radius 2 is 1.72 bits per heavy atom. The van der Waals surface area contributed by atoms with Gasteiger partial charge in [0.15, 0.2) is 0 Å². The fourth-order valence-electron chi connectivity index (χ4n) is 1.72. The van der Waals surface area contributed by atoms with Gasteiger partial charge in [-0.3, -0.25) is 0 Å². The van der Waals surface area contributed by atoms with Gasteiger partial charge in [0.25, 0.3) is 0 Å². The van der Waals surface area contributed by atoms with Crippen molar-refractivity contribution < 1.29 is 9.53 Å². The van der Waals surface area contributed by atoms with E-state index in [9.17, 15) is 4.79 Å². The Kier molecular flexibility index (Phi) is 8.43. The average Bonchev–Trinajstić information content (AvgIpc) is 2.25. The summed E-state index contributed by atoms with van der Waals surface area (Å²) in [4.78, 5) is 11.3. The maximum atomic E-state index is 11.3. The van der Waals surface area contributed by atoms with Crippen LogP contribution in [0.15, 0.2) is 23.3 Å². The third-order valence-electron chi connectivity index (χ3n) is 3.04. The molecule has 0 amide bonds. The van der Waals surface area contributed by atoms with Crippen LogP contribution in [0.5, 0.6) is 0 Å². The zero-order chi connectivity index (χ0) is 14.1. The molecule has 0 saturated heterocycles. The van der Waals surface area contributed by atoms with Gasteiger partial charge < -0.3 is 4.74 Å². The van der Waals surface area contributed by atoms with Gasteiger partial charge in [-0.25, -0.2) is 4.79 Å². The predicted molar refractivity (Wildman–Crippen MR) is 77.4 cm³/mol. The van der Waals surface area contributed by atoms with Crippen LogP contribution in [0, 0.1) is 11.8 Å². The first kappa shape index (κ1) is 16.9. The molecular formula is C16H28O2. The van der Waals surface area contributed by atoms with E-state index in [0.717, 1.165) is 11.5 Å². The van der Waals surface area contributed by atoms with Crippen LogP contribution in [0.4, 0.5) is 0 Å². The molecule has 1 unspecified atom stereocenters. The number of allylic oxidation sites excluding steroid dienone is 3. The molecule has 0 spiro atoms. The molecule has 0 aromatic carbocycles. The fourth-order valence-corrected chi connectivity index (χ4v) is 1.72. The topological polar surface area (TPSA) is 26.3 Å². The Labute approximate surface area is 112 Å². The number of carbonyl (C=O) groups is 1. The van der Waals surface area contributed by atoms with E-state index >= 15 is 0 Å². The quantitative estimate of drug-likeness (QED) is 0.378. The monoisotopic (exact) mass is 252 g/mol. The van der Waals surface area contributed by atoms with Crippen molar-refractivity contribution in [1.82, 2.24) is 0 Å². The Morgan fingerprint density at radius 3 is 2.22 bits per heavy atom. The van der Waals surface area contributed by atoms with Crippen molar-refractivity contribution in [2.24, 2.45) is 11.8 Å². The van der Waals surface area contributed by atoms with Gasteiger partial charge in [-0.15, -0.1) is 0 Å². The van der Waals surface area contributed by atoms with Crippen LogP contribution < -0.4 is 0 Å². The molecule has 0 aliphatic rings. The Bertz CT molecular complexity index is 311. The Hall–Kier alpha value is -1.05. The van der Waals surface area contributed by atoms with Gasteiger partial charge in [0, 0.05) is 6.08 Å². The molecule has 1 atom stereocenters. The number of esters is 1. The first-order valence-electron chi connectivity index (χ1n) is 6.90. The lowest BCUT2D eigenvalue weighted by atomic mass is 9.92. The van der Waals surface area contributed by atoms with Crippen molar-refractivity contribution in [2.75, 3.05) is 6.61 Å². The van der Waals surface area contributed by atoms with E-state index in [0.29, 0.717) is 12.5 Å². The van der Waals surface area contributed by atoms with Crippen molar-refractivity contribution in [3.05, 3.63) is 23.3 Å². The summed E-state index contributed by atoms with van der Waals surface area (Å²) in [6.45, 7) is 13.1. The van der Waals surface area contributed by atoms with E-state index in [-0.39, 0.29) is 5.97 Å². The second-order valence-corrected chi connectivity index (χ2v) is 5.40. The van der Waals surface area contributed by atoms with Gasteiger partial charge in [-0.05, 0) is 44.6 Å². The number of carbonyl (C=O) groups excluding carboxylic acids is 1. The van der Waals surface area contributed by atoms with Crippen molar-refractivity contribution in [3.8, 4) is 0 Å². The van der Waals surface area contributed by atoms with Crippen LogP contribution in [0.25, 0.3) is 0 Å². The van der Waals surface area contributed by atoms with E-state index in [2.05, 4.69) is 33.8 Å². The first-order valence-corrected chi connectivity index (χ1v) is 6.90. The van der Waals surface area contributed by atoms with E-state index in [1.54, 1.807) is 6.08 Å². The summed E-state index contributed by atoms with van der Waals surface area (Å²) in [5.41, 5.74) is 2.29. The number of hydrogen-bond donors (Lipinski definition) is 0. The SMILES string of the molecule is CCOC(=O)/C=C(C)/C=C(\C)C(C)CCC(C)C. The van der Waals surface area contributed by atoms with E-state index < -0.39 is 0 Å². The summed E-state index contributed by atoms with van der Waals surface area (Å²) in [6.07, 6.45) is 6.09. The third-order valence-corrected chi connectivity index (χ3v) is 3.04. The zero-order valence-electron chi connectivity index (χ0n) is 12.7. The Morgan fingerprint density at radius 1 is 1.11 bits per heavy atom. The molecule has 0 aliphatic carbocycles. The molecule has 0 aliphatic heterocycles. The fraction of sp³-hybridized carbons (Fsp3) is 0.688. The average molecular weight is 252 g/mol. The minimum atomic E-state index is -0.256. The van der Waals surface area contributed by atoms with Crippen molar-refractivity contribution in [1.29, 1.82) is 0 Å². The van der Waals surface area contributed by atoms with Crippen LogP contribution in [0.3, 0.4) is 0 Å². The molecule has 2 nitrogen and oxygen atoms in total. The lowest BCUT2D eigenvalue weighted by Crippen LogP contribution is -2.01. The third kappa shape index (κ3) is 8.10. The molecule has 0 radical (unpaired) electrons. The normalized spacial score (nSPS) is 14.8. The van der Waals surface area contributed by atoms with Crippen LogP contribution in [0.1, 0.15) is 54.4 Å². The largest absolute Gasteiger partial charge is 0.463 e. The Balaban J connectivity index is 4.42. The summed E-state index contributed by atoms with van der Waals surface area (Å²) in [7, 11) is 0. The number of rotatable bonds is 7. The smallest absolute Gasteiger partial charge is 0.330 e. The minimum absolute atomic E-state index is 0.256. The highest BCUT2D eigenvalue weighted by atomic mass is 16.5. The van der Waals surface area contributed by atoms with Gasteiger partial charge in [0.2, 0.25) is 0 Å². The minimum Gasteiger partial charge on any atom is -0.463 e. The number of ether oxygens (including phenoxy) is 1. The highest BCUT2D eigenvalue weighted by Gasteiger charge is 2.06. The standard InChI is InChI=1S/C16H28O2/c1-7-18-16(17)11-13(4)10-15(6)14(5)9-8-12(2)3/h10-12,14H,7-9H2,1-6H3/b13-11+,15-10+. The molecule has 0 bridgehead atoms. The summed E-state index contributed by atoms with van der Waals surface area (Å²) >= 11 is 0. The summed E-state index contributed by atoms with van der Waals surface area (Å²) in [6, 6.07) is 0. The molecule has 0 fully saturated rings. The van der Waals surface area contributed by atoms with Crippen molar-refractivity contribution in [3.63, 3.8) is 0 Å².